The monoisotopic (exact) mass is 350 g/mol. The second-order valence-electron chi connectivity index (χ2n) is 5.91. The minimum absolute atomic E-state index is 0.0780. The molecule has 2 aromatic heterocycles. The quantitative estimate of drug-likeness (QED) is 0.464. The van der Waals surface area contributed by atoms with Gasteiger partial charge in [-0.05, 0) is 42.8 Å². The van der Waals surface area contributed by atoms with Crippen molar-refractivity contribution in [3.63, 3.8) is 0 Å². The van der Waals surface area contributed by atoms with Crippen LogP contribution in [0.5, 0.6) is 5.88 Å². The van der Waals surface area contributed by atoms with Crippen molar-refractivity contribution in [2.45, 2.75) is 6.92 Å². The van der Waals surface area contributed by atoms with E-state index in [1.165, 1.54) is 0 Å². The Morgan fingerprint density at radius 3 is 2.68 bits per heavy atom. The van der Waals surface area contributed by atoms with Crippen molar-refractivity contribution in [3.8, 4) is 5.88 Å². The van der Waals surface area contributed by atoms with Crippen molar-refractivity contribution >= 4 is 44.9 Å². The molecule has 0 saturated carbocycles. The molecule has 0 aliphatic rings. The third-order valence-corrected chi connectivity index (χ3v) is 4.50. The SMILES string of the molecule is Cc1cc(N=Nc2c(O)n(C)c3ccccc23)nc2ccc(Cl)cc12. The number of fused-ring (bicyclic) bond motifs is 2. The molecular weight excluding hydrogens is 336 g/mol. The summed E-state index contributed by atoms with van der Waals surface area (Å²) in [5.74, 6) is 0.564. The number of para-hydroxylation sites is 1. The normalized spacial score (nSPS) is 11.8. The van der Waals surface area contributed by atoms with Gasteiger partial charge in [-0.3, -0.25) is 0 Å². The van der Waals surface area contributed by atoms with Gasteiger partial charge < -0.3 is 9.67 Å². The Bertz CT molecular complexity index is 1150. The highest BCUT2D eigenvalue weighted by Gasteiger charge is 2.13. The molecule has 4 aromatic rings. The molecule has 6 heteroatoms. The first kappa shape index (κ1) is 15.6. The summed E-state index contributed by atoms with van der Waals surface area (Å²) in [6.07, 6.45) is 0. The Hall–Kier alpha value is -2.92. The molecule has 25 heavy (non-hydrogen) atoms. The Balaban J connectivity index is 1.82. The zero-order valence-corrected chi connectivity index (χ0v) is 14.5. The fraction of sp³-hybridized carbons (Fsp3) is 0.105. The average Bonchev–Trinajstić information content (AvgIpc) is 2.85. The summed E-state index contributed by atoms with van der Waals surface area (Å²) in [5, 5.41) is 21.3. The molecule has 0 aliphatic heterocycles. The second kappa shape index (κ2) is 5.86. The van der Waals surface area contributed by atoms with Gasteiger partial charge >= 0.3 is 0 Å². The second-order valence-corrected chi connectivity index (χ2v) is 6.34. The number of hydrogen-bond acceptors (Lipinski definition) is 4. The van der Waals surface area contributed by atoms with Crippen LogP contribution in [-0.4, -0.2) is 14.7 Å². The van der Waals surface area contributed by atoms with Gasteiger partial charge in [0.25, 0.3) is 0 Å². The number of benzene rings is 2. The van der Waals surface area contributed by atoms with E-state index in [0.717, 1.165) is 27.4 Å². The minimum atomic E-state index is 0.0780. The highest BCUT2D eigenvalue weighted by atomic mass is 35.5. The van der Waals surface area contributed by atoms with Gasteiger partial charge in [0.2, 0.25) is 5.88 Å². The highest BCUT2D eigenvalue weighted by molar-refractivity contribution is 6.31. The van der Waals surface area contributed by atoms with E-state index in [4.69, 9.17) is 11.6 Å². The van der Waals surface area contributed by atoms with Crippen LogP contribution in [0.3, 0.4) is 0 Å². The number of hydrogen-bond donors (Lipinski definition) is 1. The first-order chi connectivity index (χ1) is 12.0. The molecule has 4 rings (SSSR count). The molecule has 0 aliphatic carbocycles. The van der Waals surface area contributed by atoms with Gasteiger partial charge in [-0.1, -0.05) is 29.8 Å². The predicted octanol–water partition coefficient (Wildman–Crippen LogP) is 5.81. The summed E-state index contributed by atoms with van der Waals surface area (Å²) in [4.78, 5) is 4.50. The lowest BCUT2D eigenvalue weighted by Gasteiger charge is -2.03. The maximum absolute atomic E-state index is 10.3. The Morgan fingerprint density at radius 2 is 1.84 bits per heavy atom. The minimum Gasteiger partial charge on any atom is -0.493 e. The van der Waals surface area contributed by atoms with Crippen LogP contribution in [0.15, 0.2) is 58.8 Å². The van der Waals surface area contributed by atoms with Crippen LogP contribution < -0.4 is 0 Å². The molecule has 0 saturated heterocycles. The molecule has 0 bridgehead atoms. The maximum Gasteiger partial charge on any atom is 0.220 e. The molecule has 0 radical (unpaired) electrons. The van der Waals surface area contributed by atoms with Crippen LogP contribution >= 0.6 is 11.6 Å². The van der Waals surface area contributed by atoms with Gasteiger partial charge in [-0.15, -0.1) is 10.2 Å². The molecule has 0 amide bonds. The van der Waals surface area contributed by atoms with Crippen LogP contribution in [-0.2, 0) is 7.05 Å². The molecule has 1 N–H and O–H groups in total. The summed E-state index contributed by atoms with van der Waals surface area (Å²) in [6, 6.07) is 15.1. The number of rotatable bonds is 2. The zero-order chi connectivity index (χ0) is 17.6. The van der Waals surface area contributed by atoms with E-state index in [2.05, 4.69) is 15.2 Å². The van der Waals surface area contributed by atoms with E-state index in [1.54, 1.807) is 17.7 Å². The number of azo groups is 1. The largest absolute Gasteiger partial charge is 0.493 e. The third-order valence-electron chi connectivity index (χ3n) is 4.27. The summed E-state index contributed by atoms with van der Waals surface area (Å²) in [7, 11) is 1.79. The van der Waals surface area contributed by atoms with E-state index >= 15 is 0 Å². The number of nitrogens with zero attached hydrogens (tertiary/aromatic N) is 4. The van der Waals surface area contributed by atoms with Crippen molar-refractivity contribution in [1.29, 1.82) is 0 Å². The summed E-state index contributed by atoms with van der Waals surface area (Å²) in [6.45, 7) is 1.98. The summed E-state index contributed by atoms with van der Waals surface area (Å²) in [5.41, 5.74) is 3.16. The number of aryl methyl sites for hydroxylation is 2. The van der Waals surface area contributed by atoms with Crippen molar-refractivity contribution in [2.24, 2.45) is 17.3 Å². The number of aromatic nitrogens is 2. The zero-order valence-electron chi connectivity index (χ0n) is 13.7. The molecule has 5 nitrogen and oxygen atoms in total. The lowest BCUT2D eigenvalue weighted by molar-refractivity contribution is 0.436. The lowest BCUT2D eigenvalue weighted by Crippen LogP contribution is -1.84. The van der Waals surface area contributed by atoms with Crippen LogP contribution in [0.1, 0.15) is 5.56 Å². The van der Waals surface area contributed by atoms with E-state index in [-0.39, 0.29) is 5.88 Å². The Labute approximate surface area is 149 Å². The first-order valence-corrected chi connectivity index (χ1v) is 8.17. The molecule has 0 spiro atoms. The van der Waals surface area contributed by atoms with E-state index in [0.29, 0.717) is 16.5 Å². The standard InChI is InChI=1S/C19H15ClN4O/c1-11-9-17(21-15-8-7-12(20)10-14(11)15)22-23-18-13-5-3-4-6-16(13)24(2)19(18)25/h3-10,25H,1-2H3. The molecule has 0 fully saturated rings. The third kappa shape index (κ3) is 2.62. The van der Waals surface area contributed by atoms with Gasteiger partial charge in [0, 0.05) is 22.8 Å². The highest BCUT2D eigenvalue weighted by Crippen LogP contribution is 2.38. The molecular formula is C19H15ClN4O. The maximum atomic E-state index is 10.3. The molecule has 0 unspecified atom stereocenters. The Kier molecular flexibility index (Phi) is 3.66. The molecule has 0 atom stereocenters. The predicted molar refractivity (Wildman–Crippen MR) is 100 cm³/mol. The van der Waals surface area contributed by atoms with E-state index in [1.807, 2.05) is 49.4 Å². The van der Waals surface area contributed by atoms with Gasteiger partial charge in [0.1, 0.15) is 0 Å². The van der Waals surface area contributed by atoms with Crippen molar-refractivity contribution in [3.05, 3.63) is 59.1 Å². The van der Waals surface area contributed by atoms with Gasteiger partial charge in [-0.25, -0.2) is 4.98 Å². The van der Waals surface area contributed by atoms with Crippen LogP contribution in [0.2, 0.25) is 5.02 Å². The average molecular weight is 351 g/mol. The van der Waals surface area contributed by atoms with Crippen molar-refractivity contribution in [2.75, 3.05) is 0 Å². The van der Waals surface area contributed by atoms with Crippen molar-refractivity contribution in [1.82, 2.24) is 9.55 Å². The van der Waals surface area contributed by atoms with Gasteiger partial charge in [0.15, 0.2) is 11.5 Å². The summed E-state index contributed by atoms with van der Waals surface area (Å²) >= 11 is 6.05. The van der Waals surface area contributed by atoms with E-state index in [9.17, 15) is 5.11 Å². The number of halogens is 1. The fourth-order valence-electron chi connectivity index (χ4n) is 2.96. The topological polar surface area (TPSA) is 62.8 Å². The lowest BCUT2D eigenvalue weighted by atomic mass is 10.1. The van der Waals surface area contributed by atoms with Gasteiger partial charge in [0.05, 0.1) is 11.0 Å². The van der Waals surface area contributed by atoms with Gasteiger partial charge in [-0.2, -0.15) is 0 Å². The number of aromatic hydroxyl groups is 1. The molecule has 124 valence electrons. The fourth-order valence-corrected chi connectivity index (χ4v) is 3.13. The van der Waals surface area contributed by atoms with Crippen molar-refractivity contribution < 1.29 is 5.11 Å². The van der Waals surface area contributed by atoms with E-state index < -0.39 is 0 Å². The van der Waals surface area contributed by atoms with Crippen LogP contribution in [0.25, 0.3) is 21.8 Å². The molecule has 2 aromatic carbocycles. The first-order valence-electron chi connectivity index (χ1n) is 7.79. The summed E-state index contributed by atoms with van der Waals surface area (Å²) < 4.78 is 1.69. The Morgan fingerprint density at radius 1 is 1.04 bits per heavy atom. The molecule has 2 heterocycles. The van der Waals surface area contributed by atoms with Crippen LogP contribution in [0.4, 0.5) is 11.5 Å². The smallest absolute Gasteiger partial charge is 0.220 e. The number of pyridine rings is 1. The van der Waals surface area contributed by atoms with Crippen LogP contribution in [0, 0.1) is 6.92 Å².